The lowest BCUT2D eigenvalue weighted by Gasteiger charge is -2.22. The third-order valence-corrected chi connectivity index (χ3v) is 2.27. The normalized spacial score (nSPS) is 12.5. The van der Waals surface area contributed by atoms with E-state index in [1.165, 1.54) is 5.57 Å². The third-order valence-electron chi connectivity index (χ3n) is 2.27. The average Bonchev–Trinajstić information content (AvgIpc) is 2.25. The van der Waals surface area contributed by atoms with Crippen LogP contribution in [0.1, 0.15) is 20.8 Å². The molecule has 0 fully saturated rings. The van der Waals surface area contributed by atoms with Crippen molar-refractivity contribution in [3.8, 4) is 6.07 Å². The molecule has 86 valence electrons. The lowest BCUT2D eigenvalue weighted by Crippen LogP contribution is -2.32. The van der Waals surface area contributed by atoms with Crippen molar-refractivity contribution in [1.82, 2.24) is 10.2 Å². The van der Waals surface area contributed by atoms with Gasteiger partial charge in [0.25, 0.3) is 0 Å². The Morgan fingerprint density at radius 1 is 1.53 bits per heavy atom. The highest BCUT2D eigenvalue weighted by Crippen LogP contribution is 2.01. The summed E-state index contributed by atoms with van der Waals surface area (Å²) in [7, 11) is 0. The van der Waals surface area contributed by atoms with Gasteiger partial charge in [-0.25, -0.2) is 0 Å². The summed E-state index contributed by atoms with van der Waals surface area (Å²) in [6, 6.07) is 2.26. The van der Waals surface area contributed by atoms with E-state index >= 15 is 0 Å². The van der Waals surface area contributed by atoms with E-state index in [0.717, 1.165) is 32.7 Å². The quantitative estimate of drug-likeness (QED) is 0.618. The van der Waals surface area contributed by atoms with Crippen LogP contribution >= 0.6 is 0 Å². The van der Waals surface area contributed by atoms with Gasteiger partial charge in [-0.1, -0.05) is 20.4 Å². The van der Waals surface area contributed by atoms with Crippen LogP contribution in [0.25, 0.3) is 0 Å². The zero-order chi connectivity index (χ0) is 11.7. The number of hydrogen-bond acceptors (Lipinski definition) is 3. The number of likely N-dealkylation sites (N-methyl/N-ethyl adjacent to an activating group) is 2. The highest BCUT2D eigenvalue weighted by atomic mass is 15.1. The summed E-state index contributed by atoms with van der Waals surface area (Å²) in [6.07, 6.45) is 0. The summed E-state index contributed by atoms with van der Waals surface area (Å²) in [5, 5.41) is 12.0. The van der Waals surface area contributed by atoms with Crippen molar-refractivity contribution in [3.63, 3.8) is 0 Å². The SMILES string of the molecule is C=C(CNCC)CN(CC)CC(C)C#N. The maximum atomic E-state index is 8.74. The van der Waals surface area contributed by atoms with Crippen molar-refractivity contribution in [2.24, 2.45) is 5.92 Å². The molecule has 1 unspecified atom stereocenters. The van der Waals surface area contributed by atoms with Crippen molar-refractivity contribution < 1.29 is 0 Å². The molecule has 0 aromatic carbocycles. The minimum Gasteiger partial charge on any atom is -0.313 e. The molecule has 0 spiro atoms. The molecule has 0 bridgehead atoms. The van der Waals surface area contributed by atoms with Crippen LogP contribution in [0.15, 0.2) is 12.2 Å². The Hall–Kier alpha value is -0.850. The van der Waals surface area contributed by atoms with E-state index in [1.54, 1.807) is 0 Å². The van der Waals surface area contributed by atoms with Crippen molar-refractivity contribution in [2.75, 3.05) is 32.7 Å². The number of nitriles is 1. The minimum absolute atomic E-state index is 0.0943. The summed E-state index contributed by atoms with van der Waals surface area (Å²) in [6.45, 7) is 14.7. The molecule has 3 heteroatoms. The molecular weight excluding hydrogens is 186 g/mol. The smallest absolute Gasteiger partial charge is 0.0666 e. The topological polar surface area (TPSA) is 39.1 Å². The first kappa shape index (κ1) is 14.2. The standard InChI is InChI=1S/C12H23N3/c1-5-14-8-12(4)10-15(6-2)9-11(3)7-13/h11,14H,4-6,8-10H2,1-3H3. The number of hydrogen-bond donors (Lipinski definition) is 1. The van der Waals surface area contributed by atoms with Crippen LogP contribution in [0, 0.1) is 17.2 Å². The molecule has 0 radical (unpaired) electrons. The van der Waals surface area contributed by atoms with Crippen LogP contribution in [0.3, 0.4) is 0 Å². The van der Waals surface area contributed by atoms with Gasteiger partial charge in [-0.3, -0.25) is 4.90 Å². The van der Waals surface area contributed by atoms with Gasteiger partial charge in [0.2, 0.25) is 0 Å². The van der Waals surface area contributed by atoms with Gasteiger partial charge in [0.15, 0.2) is 0 Å². The van der Waals surface area contributed by atoms with Crippen molar-refractivity contribution >= 4 is 0 Å². The van der Waals surface area contributed by atoms with Gasteiger partial charge in [0.1, 0.15) is 0 Å². The molecule has 1 atom stereocenters. The molecule has 15 heavy (non-hydrogen) atoms. The first-order valence-corrected chi connectivity index (χ1v) is 5.63. The maximum Gasteiger partial charge on any atom is 0.0666 e. The molecule has 0 aliphatic carbocycles. The van der Waals surface area contributed by atoms with E-state index in [-0.39, 0.29) is 5.92 Å². The number of rotatable bonds is 8. The summed E-state index contributed by atoms with van der Waals surface area (Å²) in [5.41, 5.74) is 1.18. The zero-order valence-corrected chi connectivity index (χ0v) is 10.2. The van der Waals surface area contributed by atoms with Crippen LogP contribution in [-0.4, -0.2) is 37.6 Å². The van der Waals surface area contributed by atoms with Crippen molar-refractivity contribution in [2.45, 2.75) is 20.8 Å². The van der Waals surface area contributed by atoms with Crippen molar-refractivity contribution in [1.29, 1.82) is 5.26 Å². The maximum absolute atomic E-state index is 8.74. The summed E-state index contributed by atoms with van der Waals surface area (Å²) >= 11 is 0. The first-order valence-electron chi connectivity index (χ1n) is 5.63. The summed E-state index contributed by atoms with van der Waals surface area (Å²) in [4.78, 5) is 2.26. The molecule has 0 rings (SSSR count). The van der Waals surface area contributed by atoms with Gasteiger partial charge >= 0.3 is 0 Å². The fraction of sp³-hybridized carbons (Fsp3) is 0.750. The second kappa shape index (κ2) is 8.46. The lowest BCUT2D eigenvalue weighted by molar-refractivity contribution is 0.288. The Morgan fingerprint density at radius 2 is 2.20 bits per heavy atom. The van der Waals surface area contributed by atoms with Gasteiger partial charge in [-0.2, -0.15) is 5.26 Å². The largest absolute Gasteiger partial charge is 0.313 e. The summed E-state index contributed by atoms with van der Waals surface area (Å²) in [5.74, 6) is 0.0943. The Kier molecular flexibility index (Phi) is 7.98. The Bertz CT molecular complexity index is 217. The third kappa shape index (κ3) is 7.12. The van der Waals surface area contributed by atoms with Gasteiger partial charge in [-0.15, -0.1) is 0 Å². The van der Waals surface area contributed by atoms with Gasteiger partial charge in [0.05, 0.1) is 12.0 Å². The molecule has 0 amide bonds. The zero-order valence-electron chi connectivity index (χ0n) is 10.2. The molecule has 0 saturated carbocycles. The predicted octanol–water partition coefficient (Wildman–Crippen LogP) is 1.63. The molecule has 0 aromatic rings. The van der Waals surface area contributed by atoms with Crippen LogP contribution in [0.2, 0.25) is 0 Å². The van der Waals surface area contributed by atoms with E-state index in [2.05, 4.69) is 36.7 Å². The van der Waals surface area contributed by atoms with Crippen LogP contribution in [0.5, 0.6) is 0 Å². The fourth-order valence-corrected chi connectivity index (χ4v) is 1.41. The highest BCUT2D eigenvalue weighted by molar-refractivity contribution is 5.00. The Balaban J connectivity index is 3.88. The number of nitrogens with one attached hydrogen (secondary N) is 1. The molecule has 0 aliphatic rings. The number of nitrogens with zero attached hydrogens (tertiary/aromatic N) is 2. The molecule has 0 heterocycles. The lowest BCUT2D eigenvalue weighted by atomic mass is 10.2. The first-order chi connectivity index (χ1) is 7.13. The van der Waals surface area contributed by atoms with Gasteiger partial charge in [0, 0.05) is 19.6 Å². The Labute approximate surface area is 93.8 Å². The Morgan fingerprint density at radius 3 is 2.67 bits per heavy atom. The fourth-order valence-electron chi connectivity index (χ4n) is 1.41. The molecule has 0 aliphatic heterocycles. The van der Waals surface area contributed by atoms with Crippen LogP contribution in [0.4, 0.5) is 0 Å². The second-order valence-electron chi connectivity index (χ2n) is 3.89. The van der Waals surface area contributed by atoms with E-state index in [1.807, 2.05) is 6.92 Å². The molecule has 0 saturated heterocycles. The molecule has 1 N–H and O–H groups in total. The van der Waals surface area contributed by atoms with E-state index in [4.69, 9.17) is 5.26 Å². The van der Waals surface area contributed by atoms with Gasteiger partial charge in [-0.05, 0) is 25.6 Å². The average molecular weight is 209 g/mol. The van der Waals surface area contributed by atoms with E-state index in [0.29, 0.717) is 0 Å². The minimum atomic E-state index is 0.0943. The van der Waals surface area contributed by atoms with Gasteiger partial charge < -0.3 is 5.32 Å². The van der Waals surface area contributed by atoms with E-state index in [9.17, 15) is 0 Å². The van der Waals surface area contributed by atoms with Crippen LogP contribution < -0.4 is 5.32 Å². The second-order valence-corrected chi connectivity index (χ2v) is 3.89. The monoisotopic (exact) mass is 209 g/mol. The molecule has 3 nitrogen and oxygen atoms in total. The van der Waals surface area contributed by atoms with E-state index < -0.39 is 0 Å². The molecule has 0 aromatic heterocycles. The summed E-state index contributed by atoms with van der Waals surface area (Å²) < 4.78 is 0. The molecular formula is C12H23N3. The van der Waals surface area contributed by atoms with Crippen molar-refractivity contribution in [3.05, 3.63) is 12.2 Å². The highest BCUT2D eigenvalue weighted by Gasteiger charge is 2.08. The van der Waals surface area contributed by atoms with Crippen LogP contribution in [-0.2, 0) is 0 Å². The predicted molar refractivity (Wildman–Crippen MR) is 64.6 cm³/mol.